The molecule has 0 fully saturated rings. The molecule has 2 N–H and O–H groups in total. The molecular weight excluding hydrogens is 142 g/mol. The van der Waals surface area contributed by atoms with Gasteiger partial charge in [0.05, 0.1) is 19.3 Å². The Morgan fingerprint density at radius 3 is 2.33 bits per heavy atom. The van der Waals surface area contributed by atoms with Crippen LogP contribution in [0.25, 0.3) is 0 Å². The van der Waals surface area contributed by atoms with Gasteiger partial charge in [0.2, 0.25) is 0 Å². The molecule has 0 aromatic carbocycles. The molecule has 0 radical (unpaired) electrons. The number of aromatic nitrogens is 4. The average Bonchev–Trinajstić information content (AvgIpc) is 1.98. The fourth-order valence-electron chi connectivity index (χ4n) is 0.421. The minimum atomic E-state index is 0. The second-order valence-corrected chi connectivity index (χ2v) is 1.58. The first-order valence-corrected chi connectivity index (χ1v) is 2.23. The molecule has 9 heavy (non-hydrogen) atoms. The van der Waals surface area contributed by atoms with Gasteiger partial charge in [-0.15, -0.1) is 4.68 Å². The second kappa shape index (κ2) is 2.63. The number of tetrazole rings is 1. The highest BCUT2D eigenvalue weighted by molar-refractivity contribution is 5.00. The molecule has 6 heteroatoms. The van der Waals surface area contributed by atoms with Crippen molar-refractivity contribution in [2.24, 2.45) is 14.1 Å². The van der Waals surface area contributed by atoms with Crippen molar-refractivity contribution in [2.75, 3.05) is 5.73 Å². The van der Waals surface area contributed by atoms with Gasteiger partial charge >= 0.3 is 5.95 Å². The van der Waals surface area contributed by atoms with Gasteiger partial charge in [0.15, 0.2) is 0 Å². The summed E-state index contributed by atoms with van der Waals surface area (Å²) in [4.78, 5) is 0. The molecule has 0 aliphatic heterocycles. The second-order valence-electron chi connectivity index (χ2n) is 1.58. The first-order valence-electron chi connectivity index (χ1n) is 2.23. The van der Waals surface area contributed by atoms with Crippen molar-refractivity contribution >= 4 is 5.95 Å². The number of hydrogen-bond donors (Lipinski definition) is 1. The van der Waals surface area contributed by atoms with Gasteiger partial charge < -0.3 is 18.1 Å². The summed E-state index contributed by atoms with van der Waals surface area (Å²) >= 11 is 0. The smallest absolute Gasteiger partial charge is 0.362 e. The number of rotatable bonds is 0. The fraction of sp³-hybridized carbons (Fsp3) is 0.667. The number of nitrogen functional groups attached to an aromatic ring is 1. The van der Waals surface area contributed by atoms with E-state index in [2.05, 4.69) is 10.4 Å². The third-order valence-electron chi connectivity index (χ3n) is 0.971. The number of hydrogen-bond acceptors (Lipinski definition) is 3. The lowest BCUT2D eigenvalue weighted by Crippen LogP contribution is -3.00. The van der Waals surface area contributed by atoms with Crippen molar-refractivity contribution in [3.8, 4) is 0 Å². The molecule has 1 aromatic heterocycles. The lowest BCUT2D eigenvalue weighted by molar-refractivity contribution is -0.718. The van der Waals surface area contributed by atoms with Gasteiger partial charge in [-0.1, -0.05) is 4.68 Å². The quantitative estimate of drug-likeness (QED) is 0.377. The summed E-state index contributed by atoms with van der Waals surface area (Å²) in [7, 11) is 3.48. The van der Waals surface area contributed by atoms with Crippen molar-refractivity contribution in [1.29, 1.82) is 0 Å². The van der Waals surface area contributed by atoms with Crippen molar-refractivity contribution < 1.29 is 17.1 Å². The topological polar surface area (TPSA) is 60.6 Å². The molecule has 1 aromatic rings. The summed E-state index contributed by atoms with van der Waals surface area (Å²) in [5.74, 6) is 0.546. The summed E-state index contributed by atoms with van der Waals surface area (Å²) in [6, 6.07) is 0. The standard InChI is InChI=1S/C3H7N5.ClH/c1-7-3(4)8(2)6-5-7;/h4H,1-2H3;1H. The predicted octanol–water partition coefficient (Wildman–Crippen LogP) is -4.77. The first kappa shape index (κ1) is 8.16. The molecule has 1 rings (SSSR count). The highest BCUT2D eigenvalue weighted by atomic mass is 35.5. The van der Waals surface area contributed by atoms with Crippen LogP contribution in [-0.2, 0) is 14.1 Å². The van der Waals surface area contributed by atoms with E-state index in [1.54, 1.807) is 14.1 Å². The van der Waals surface area contributed by atoms with E-state index in [0.717, 1.165) is 0 Å². The zero-order valence-electron chi connectivity index (χ0n) is 5.24. The number of nitrogens with two attached hydrogens (primary N) is 1. The maximum atomic E-state index is 5.40. The van der Waals surface area contributed by atoms with Gasteiger partial charge in [-0.3, -0.25) is 0 Å². The fourth-order valence-corrected chi connectivity index (χ4v) is 0.421. The molecule has 1 heterocycles. The minimum Gasteiger partial charge on any atom is -1.00 e. The van der Waals surface area contributed by atoms with Crippen LogP contribution in [0.4, 0.5) is 5.95 Å². The highest BCUT2D eigenvalue weighted by Crippen LogP contribution is 1.79. The van der Waals surface area contributed by atoms with Crippen LogP contribution in [0.15, 0.2) is 0 Å². The molecular formula is C3H8ClN5. The SMILES string of the molecule is Cn1nn[n+](C)c1N.[Cl-]. The van der Waals surface area contributed by atoms with Crippen LogP contribution in [0, 0.1) is 0 Å². The van der Waals surface area contributed by atoms with E-state index in [1.807, 2.05) is 0 Å². The van der Waals surface area contributed by atoms with E-state index in [0.29, 0.717) is 5.95 Å². The summed E-state index contributed by atoms with van der Waals surface area (Å²) in [6.07, 6.45) is 0. The van der Waals surface area contributed by atoms with E-state index in [1.165, 1.54) is 9.36 Å². The molecule has 0 spiro atoms. The first-order chi connectivity index (χ1) is 3.72. The van der Waals surface area contributed by atoms with Gasteiger partial charge in [0.25, 0.3) is 0 Å². The van der Waals surface area contributed by atoms with Crippen LogP contribution in [0.2, 0.25) is 0 Å². The molecule has 0 aliphatic carbocycles. The van der Waals surface area contributed by atoms with Crippen molar-refractivity contribution in [1.82, 2.24) is 15.1 Å². The third kappa shape index (κ3) is 1.29. The Hall–Kier alpha value is -0.840. The van der Waals surface area contributed by atoms with Crippen molar-refractivity contribution in [3.63, 3.8) is 0 Å². The lowest BCUT2D eigenvalue weighted by Gasteiger charge is -1.79. The van der Waals surface area contributed by atoms with Crippen LogP contribution in [0.5, 0.6) is 0 Å². The Balaban J connectivity index is 0.000000640. The number of halogens is 1. The van der Waals surface area contributed by atoms with Crippen molar-refractivity contribution in [3.05, 3.63) is 0 Å². The third-order valence-corrected chi connectivity index (χ3v) is 0.971. The van der Waals surface area contributed by atoms with Gasteiger partial charge in [0, 0.05) is 0 Å². The molecule has 52 valence electrons. The van der Waals surface area contributed by atoms with E-state index in [9.17, 15) is 0 Å². The van der Waals surface area contributed by atoms with E-state index in [4.69, 9.17) is 5.73 Å². The monoisotopic (exact) mass is 149 g/mol. The number of nitrogens with zero attached hydrogens (tertiary/aromatic N) is 4. The summed E-state index contributed by atoms with van der Waals surface area (Å²) in [6.45, 7) is 0. The number of anilines is 1. The van der Waals surface area contributed by atoms with Gasteiger partial charge in [0.1, 0.15) is 5.21 Å². The van der Waals surface area contributed by atoms with E-state index in [-0.39, 0.29) is 12.4 Å². The maximum Gasteiger partial charge on any atom is 0.362 e. The van der Waals surface area contributed by atoms with E-state index >= 15 is 0 Å². The molecule has 0 amide bonds. The molecule has 0 atom stereocenters. The zero-order chi connectivity index (χ0) is 6.15. The normalized spacial score (nSPS) is 8.67. The minimum absolute atomic E-state index is 0. The largest absolute Gasteiger partial charge is 1.00 e. The Kier molecular flexibility index (Phi) is 2.39. The predicted molar refractivity (Wildman–Crippen MR) is 26.6 cm³/mol. The summed E-state index contributed by atoms with van der Waals surface area (Å²) in [5, 5.41) is 7.24. The van der Waals surface area contributed by atoms with Crippen molar-refractivity contribution in [2.45, 2.75) is 0 Å². The van der Waals surface area contributed by atoms with Crippen LogP contribution in [-0.4, -0.2) is 15.1 Å². The highest BCUT2D eigenvalue weighted by Gasteiger charge is 2.05. The molecule has 0 bridgehead atoms. The van der Waals surface area contributed by atoms with Gasteiger partial charge in [-0.25, -0.2) is 0 Å². The molecule has 0 saturated carbocycles. The zero-order valence-corrected chi connectivity index (χ0v) is 6.00. The molecule has 0 saturated heterocycles. The number of aryl methyl sites for hydroxylation is 2. The van der Waals surface area contributed by atoms with Crippen LogP contribution >= 0.6 is 0 Å². The average molecular weight is 150 g/mol. The van der Waals surface area contributed by atoms with Crippen LogP contribution in [0.3, 0.4) is 0 Å². The summed E-state index contributed by atoms with van der Waals surface area (Å²) < 4.78 is 3.00. The van der Waals surface area contributed by atoms with Gasteiger partial charge in [-0.05, 0) is 0 Å². The molecule has 5 nitrogen and oxygen atoms in total. The van der Waals surface area contributed by atoms with Crippen LogP contribution < -0.4 is 22.8 Å². The Morgan fingerprint density at radius 2 is 2.22 bits per heavy atom. The Labute approximate surface area is 58.8 Å². The molecule has 0 unspecified atom stereocenters. The maximum absolute atomic E-state index is 5.40. The van der Waals surface area contributed by atoms with Crippen LogP contribution in [0.1, 0.15) is 0 Å². The molecule has 0 aliphatic rings. The Morgan fingerprint density at radius 1 is 1.67 bits per heavy atom. The van der Waals surface area contributed by atoms with Gasteiger partial charge in [-0.2, -0.15) is 0 Å². The van der Waals surface area contributed by atoms with E-state index < -0.39 is 0 Å². The Bertz CT molecular complexity index is 175. The lowest BCUT2D eigenvalue weighted by atomic mass is 11.0. The summed E-state index contributed by atoms with van der Waals surface area (Å²) in [5.41, 5.74) is 5.40.